The summed E-state index contributed by atoms with van der Waals surface area (Å²) in [7, 11) is 0. The van der Waals surface area contributed by atoms with Gasteiger partial charge in [0, 0.05) is 27.6 Å². The monoisotopic (exact) mass is 267 g/mol. The van der Waals surface area contributed by atoms with Gasteiger partial charge in [0.1, 0.15) is 0 Å². The van der Waals surface area contributed by atoms with Crippen molar-refractivity contribution in [2.75, 3.05) is 5.73 Å². The van der Waals surface area contributed by atoms with Crippen molar-refractivity contribution in [1.29, 1.82) is 0 Å². The van der Waals surface area contributed by atoms with Crippen molar-refractivity contribution < 1.29 is 0 Å². The molecule has 0 unspecified atom stereocenters. The van der Waals surface area contributed by atoms with Crippen LogP contribution in [0.15, 0.2) is 12.1 Å². The minimum atomic E-state index is -0.0195. The molecule has 0 amide bonds. The average molecular weight is 267 g/mol. The highest BCUT2D eigenvalue weighted by molar-refractivity contribution is 5.59. The van der Waals surface area contributed by atoms with E-state index in [2.05, 4.69) is 72.1 Å². The fraction of sp³-hybridized carbons (Fsp3) is 0.474. The molecule has 106 valence electrons. The van der Waals surface area contributed by atoms with Crippen LogP contribution in [0.1, 0.15) is 58.2 Å². The lowest BCUT2D eigenvalue weighted by molar-refractivity contribution is 0.570. The topological polar surface area (TPSA) is 26.0 Å². The number of anilines is 1. The Balaban J connectivity index is 3.32. The van der Waals surface area contributed by atoms with Gasteiger partial charge in [-0.05, 0) is 66.2 Å². The van der Waals surface area contributed by atoms with Crippen LogP contribution < -0.4 is 5.73 Å². The molecule has 0 saturated carbocycles. The van der Waals surface area contributed by atoms with Gasteiger partial charge in [-0.3, -0.25) is 0 Å². The second-order valence-electron chi connectivity index (χ2n) is 7.24. The van der Waals surface area contributed by atoms with Gasteiger partial charge in [-0.25, -0.2) is 0 Å². The number of rotatable bonds is 0. The molecule has 0 aliphatic heterocycles. The summed E-state index contributed by atoms with van der Waals surface area (Å²) in [5.74, 6) is 13.0. The van der Waals surface area contributed by atoms with E-state index in [0.29, 0.717) is 5.69 Å². The first-order valence-electron chi connectivity index (χ1n) is 6.94. The third-order valence-corrected chi connectivity index (χ3v) is 2.57. The zero-order valence-corrected chi connectivity index (χ0v) is 13.7. The molecule has 0 fully saturated rings. The van der Waals surface area contributed by atoms with Gasteiger partial charge in [0.2, 0.25) is 0 Å². The molecule has 2 N–H and O–H groups in total. The van der Waals surface area contributed by atoms with Gasteiger partial charge in [-0.2, -0.15) is 0 Å². The van der Waals surface area contributed by atoms with Gasteiger partial charge >= 0.3 is 0 Å². The van der Waals surface area contributed by atoms with Crippen molar-refractivity contribution in [1.82, 2.24) is 0 Å². The molecule has 0 aromatic heterocycles. The van der Waals surface area contributed by atoms with Gasteiger partial charge in [0.15, 0.2) is 0 Å². The third-order valence-electron chi connectivity index (χ3n) is 2.57. The number of benzene rings is 1. The maximum absolute atomic E-state index is 5.97. The second-order valence-corrected chi connectivity index (χ2v) is 7.24. The summed E-state index contributed by atoms with van der Waals surface area (Å²) < 4.78 is 0. The molecule has 0 aliphatic rings. The fourth-order valence-corrected chi connectivity index (χ4v) is 1.51. The van der Waals surface area contributed by atoms with Crippen LogP contribution in [0, 0.1) is 41.4 Å². The van der Waals surface area contributed by atoms with Crippen molar-refractivity contribution >= 4 is 5.69 Å². The highest BCUT2D eigenvalue weighted by Gasteiger charge is 2.08. The first-order valence-corrected chi connectivity index (χ1v) is 6.94. The Morgan fingerprint density at radius 3 is 1.45 bits per heavy atom. The standard InChI is InChI=1S/C19H25N/c1-14-15(8-10-18(2,3)4)12-17(20)13-16(14)9-11-19(5,6)7/h12-13H,20H2,1-7H3. The molecular weight excluding hydrogens is 242 g/mol. The second kappa shape index (κ2) is 5.64. The normalized spacial score (nSPS) is 11.2. The van der Waals surface area contributed by atoms with Crippen molar-refractivity contribution in [3.63, 3.8) is 0 Å². The third kappa shape index (κ3) is 5.41. The van der Waals surface area contributed by atoms with E-state index >= 15 is 0 Å². The maximum Gasteiger partial charge on any atom is 0.0339 e. The van der Waals surface area contributed by atoms with E-state index in [1.807, 2.05) is 12.1 Å². The van der Waals surface area contributed by atoms with Crippen molar-refractivity contribution in [3.8, 4) is 23.7 Å². The summed E-state index contributed by atoms with van der Waals surface area (Å²) in [6.07, 6.45) is 0. The Morgan fingerprint density at radius 2 is 1.15 bits per heavy atom. The van der Waals surface area contributed by atoms with Crippen LogP contribution in [0.25, 0.3) is 0 Å². The molecule has 1 aromatic rings. The summed E-state index contributed by atoms with van der Waals surface area (Å²) in [5.41, 5.74) is 9.69. The van der Waals surface area contributed by atoms with Crippen molar-refractivity contribution in [2.45, 2.75) is 48.5 Å². The van der Waals surface area contributed by atoms with E-state index in [0.717, 1.165) is 16.7 Å². The summed E-state index contributed by atoms with van der Waals surface area (Å²) in [4.78, 5) is 0. The maximum atomic E-state index is 5.97. The number of hydrogen-bond acceptors (Lipinski definition) is 1. The highest BCUT2D eigenvalue weighted by atomic mass is 14.5. The Labute approximate surface area is 124 Å². The SMILES string of the molecule is Cc1c(C#CC(C)(C)C)cc(N)cc1C#CC(C)(C)C. The molecule has 0 atom stereocenters. The molecule has 1 rings (SSSR count). The summed E-state index contributed by atoms with van der Waals surface area (Å²) >= 11 is 0. The predicted molar refractivity (Wildman–Crippen MR) is 88.3 cm³/mol. The largest absolute Gasteiger partial charge is 0.399 e. The van der Waals surface area contributed by atoms with Crippen LogP contribution in [0.4, 0.5) is 5.69 Å². The zero-order valence-electron chi connectivity index (χ0n) is 13.7. The fourth-order valence-electron chi connectivity index (χ4n) is 1.51. The molecule has 1 heteroatoms. The lowest BCUT2D eigenvalue weighted by Crippen LogP contribution is -2.01. The molecule has 0 radical (unpaired) electrons. The number of nitrogen functional groups attached to an aromatic ring is 1. The minimum Gasteiger partial charge on any atom is -0.399 e. The minimum absolute atomic E-state index is 0.0195. The van der Waals surface area contributed by atoms with E-state index in [9.17, 15) is 0 Å². The van der Waals surface area contributed by atoms with Gasteiger partial charge in [-0.1, -0.05) is 23.7 Å². The van der Waals surface area contributed by atoms with E-state index in [1.54, 1.807) is 0 Å². The Morgan fingerprint density at radius 1 is 0.800 bits per heavy atom. The van der Waals surface area contributed by atoms with Crippen LogP contribution in [-0.2, 0) is 0 Å². The quantitative estimate of drug-likeness (QED) is 0.548. The molecule has 0 heterocycles. The van der Waals surface area contributed by atoms with E-state index < -0.39 is 0 Å². The first kappa shape index (κ1) is 16.2. The van der Waals surface area contributed by atoms with Crippen LogP contribution in [0.5, 0.6) is 0 Å². The van der Waals surface area contributed by atoms with Crippen molar-refractivity contribution in [3.05, 3.63) is 28.8 Å². The molecule has 1 aromatic carbocycles. The van der Waals surface area contributed by atoms with Crippen LogP contribution in [0.3, 0.4) is 0 Å². The molecule has 20 heavy (non-hydrogen) atoms. The summed E-state index contributed by atoms with van der Waals surface area (Å²) in [6, 6.07) is 3.85. The smallest absolute Gasteiger partial charge is 0.0339 e. The van der Waals surface area contributed by atoms with Crippen LogP contribution in [-0.4, -0.2) is 0 Å². The molecule has 0 saturated heterocycles. The van der Waals surface area contributed by atoms with Crippen LogP contribution >= 0.6 is 0 Å². The van der Waals surface area contributed by atoms with Crippen molar-refractivity contribution in [2.24, 2.45) is 10.8 Å². The lowest BCUT2D eigenvalue weighted by atomic mass is 9.94. The Hall–Kier alpha value is -1.86. The molecular formula is C19H25N. The van der Waals surface area contributed by atoms with E-state index in [1.165, 1.54) is 0 Å². The van der Waals surface area contributed by atoms with Gasteiger partial charge < -0.3 is 5.73 Å². The van der Waals surface area contributed by atoms with E-state index in [4.69, 9.17) is 5.73 Å². The number of nitrogens with two attached hydrogens (primary N) is 1. The summed E-state index contributed by atoms with van der Waals surface area (Å²) in [6.45, 7) is 14.6. The molecule has 1 nitrogen and oxygen atoms in total. The van der Waals surface area contributed by atoms with Gasteiger partial charge in [-0.15, -0.1) is 0 Å². The number of hydrogen-bond donors (Lipinski definition) is 1. The molecule has 0 aliphatic carbocycles. The Bertz CT molecular complexity index is 561. The van der Waals surface area contributed by atoms with Gasteiger partial charge in [0.05, 0.1) is 0 Å². The van der Waals surface area contributed by atoms with Gasteiger partial charge in [0.25, 0.3) is 0 Å². The highest BCUT2D eigenvalue weighted by Crippen LogP contribution is 2.19. The molecule has 0 spiro atoms. The summed E-state index contributed by atoms with van der Waals surface area (Å²) in [5, 5.41) is 0. The molecule has 0 bridgehead atoms. The zero-order chi connectivity index (χ0) is 15.6. The first-order chi connectivity index (χ1) is 8.98. The average Bonchev–Trinajstić information content (AvgIpc) is 2.25. The van der Waals surface area contributed by atoms with E-state index in [-0.39, 0.29) is 10.8 Å². The Kier molecular flexibility index (Phi) is 4.57. The predicted octanol–water partition coefficient (Wildman–Crippen LogP) is 4.37. The lowest BCUT2D eigenvalue weighted by Gasteiger charge is -2.10. The van der Waals surface area contributed by atoms with Crippen LogP contribution in [0.2, 0.25) is 0 Å².